The van der Waals surface area contributed by atoms with E-state index in [9.17, 15) is 14.0 Å². The second-order valence-corrected chi connectivity index (χ2v) is 4.55. The van der Waals surface area contributed by atoms with Crippen LogP contribution in [-0.4, -0.2) is 53.6 Å². The molecule has 0 bridgehead atoms. The first-order valence-corrected chi connectivity index (χ1v) is 6.50. The summed E-state index contributed by atoms with van der Waals surface area (Å²) in [4.78, 5) is 29.4. The lowest BCUT2D eigenvalue weighted by atomic mass is 10.1. The molecule has 7 nitrogen and oxygen atoms in total. The van der Waals surface area contributed by atoms with Crippen molar-refractivity contribution < 1.29 is 23.9 Å². The van der Waals surface area contributed by atoms with Crippen molar-refractivity contribution >= 4 is 29.0 Å². The number of carbonyl (C=O) groups is 2. The van der Waals surface area contributed by atoms with Gasteiger partial charge in [-0.2, -0.15) is 0 Å². The summed E-state index contributed by atoms with van der Waals surface area (Å²) in [5, 5.41) is 12.0. The van der Waals surface area contributed by atoms with Crippen molar-refractivity contribution in [3.63, 3.8) is 0 Å². The maximum absolute atomic E-state index is 13.3. The maximum Gasteiger partial charge on any atom is 0.362 e. The van der Waals surface area contributed by atoms with E-state index in [-0.39, 0.29) is 30.1 Å². The lowest BCUT2D eigenvalue weighted by Gasteiger charge is -2.15. The van der Waals surface area contributed by atoms with Gasteiger partial charge in [0.15, 0.2) is 0 Å². The smallest absolute Gasteiger partial charge is 0.362 e. The molecule has 0 radical (unpaired) electrons. The Hall–Kier alpha value is -2.77. The largest absolute Gasteiger partial charge is 0.461 e. The van der Waals surface area contributed by atoms with E-state index >= 15 is 0 Å². The lowest BCUT2D eigenvalue weighted by Crippen LogP contribution is -2.37. The zero-order valence-electron chi connectivity index (χ0n) is 12.0. The van der Waals surface area contributed by atoms with E-state index in [1.807, 2.05) is 0 Å². The Morgan fingerprint density at radius 1 is 1.55 bits per heavy atom. The van der Waals surface area contributed by atoms with Crippen LogP contribution in [-0.2, 0) is 9.53 Å². The molecular formula is C14H14FN3O4. The van der Waals surface area contributed by atoms with Crippen LogP contribution >= 0.6 is 0 Å². The van der Waals surface area contributed by atoms with Crippen LogP contribution in [0, 0.1) is 5.82 Å². The number of aliphatic imine (C=N–C) groups is 1. The topological polar surface area (TPSA) is 91.6 Å². The quantitative estimate of drug-likeness (QED) is 0.395. The summed E-state index contributed by atoms with van der Waals surface area (Å²) in [6.45, 7) is 1.63. The van der Waals surface area contributed by atoms with Crippen LogP contribution in [0.4, 0.5) is 10.1 Å². The normalized spacial score (nSPS) is 15.0. The number of hydrogen-bond acceptors (Lipinski definition) is 6. The predicted molar refractivity (Wildman–Crippen MR) is 76.3 cm³/mol. The summed E-state index contributed by atoms with van der Waals surface area (Å²) in [5.74, 6) is -1.87. The van der Waals surface area contributed by atoms with Gasteiger partial charge < -0.3 is 14.8 Å². The van der Waals surface area contributed by atoms with Gasteiger partial charge in [-0.25, -0.2) is 14.2 Å². The summed E-state index contributed by atoms with van der Waals surface area (Å²) in [5.41, 5.74) is -0.0734. The monoisotopic (exact) mass is 307 g/mol. The van der Waals surface area contributed by atoms with Crippen molar-refractivity contribution in [3.05, 3.63) is 29.6 Å². The van der Waals surface area contributed by atoms with E-state index in [0.717, 1.165) is 12.1 Å². The number of rotatable bonds is 3. The molecule has 2 rings (SSSR count). The second-order valence-electron chi connectivity index (χ2n) is 4.55. The minimum Gasteiger partial charge on any atom is -0.461 e. The van der Waals surface area contributed by atoms with Crippen molar-refractivity contribution in [1.82, 2.24) is 4.90 Å². The lowest BCUT2D eigenvalue weighted by molar-refractivity contribution is -0.134. The first-order valence-electron chi connectivity index (χ1n) is 6.50. The molecule has 1 aromatic rings. The minimum absolute atomic E-state index is 0.0576. The standard InChI is InChI=1S/C14H14FN3O4/c1-3-22-14(20)12(17-21)11-7-18(2)13(19)9-6-8(15)4-5-10(9)16-11/h4-6,21H,3,7H2,1-2H3/b17-12-. The number of ether oxygens (including phenoxy) is 1. The molecule has 0 saturated heterocycles. The van der Waals surface area contributed by atoms with Crippen LogP contribution in [0.3, 0.4) is 0 Å². The fourth-order valence-corrected chi connectivity index (χ4v) is 2.00. The molecule has 0 saturated carbocycles. The summed E-state index contributed by atoms with van der Waals surface area (Å²) in [6.07, 6.45) is 0. The minimum atomic E-state index is -0.852. The average molecular weight is 307 g/mol. The Morgan fingerprint density at radius 2 is 2.27 bits per heavy atom. The number of amides is 1. The van der Waals surface area contributed by atoms with E-state index in [0.29, 0.717) is 0 Å². The molecule has 0 aromatic heterocycles. The molecule has 0 spiro atoms. The van der Waals surface area contributed by atoms with Crippen molar-refractivity contribution in [3.8, 4) is 0 Å². The van der Waals surface area contributed by atoms with Crippen LogP contribution in [0.25, 0.3) is 0 Å². The molecule has 22 heavy (non-hydrogen) atoms. The number of benzene rings is 1. The number of esters is 1. The predicted octanol–water partition coefficient (Wildman–Crippen LogP) is 1.38. The Balaban J connectivity index is 2.51. The van der Waals surface area contributed by atoms with Gasteiger partial charge in [0.2, 0.25) is 5.71 Å². The summed E-state index contributed by atoms with van der Waals surface area (Å²) in [6, 6.07) is 3.54. The van der Waals surface area contributed by atoms with Gasteiger partial charge in [-0.15, -0.1) is 0 Å². The third kappa shape index (κ3) is 2.95. The van der Waals surface area contributed by atoms with Gasteiger partial charge >= 0.3 is 5.97 Å². The van der Waals surface area contributed by atoms with Crippen LogP contribution in [0.1, 0.15) is 17.3 Å². The second kappa shape index (κ2) is 6.33. The molecular weight excluding hydrogens is 293 g/mol. The Morgan fingerprint density at radius 3 is 2.91 bits per heavy atom. The summed E-state index contributed by atoms with van der Waals surface area (Å²) >= 11 is 0. The number of hydrogen-bond donors (Lipinski definition) is 1. The van der Waals surface area contributed by atoms with Crippen LogP contribution in [0.2, 0.25) is 0 Å². The average Bonchev–Trinajstić information content (AvgIpc) is 2.59. The fourth-order valence-electron chi connectivity index (χ4n) is 2.00. The highest BCUT2D eigenvalue weighted by molar-refractivity contribution is 6.66. The summed E-state index contributed by atoms with van der Waals surface area (Å²) in [7, 11) is 1.47. The molecule has 1 aromatic carbocycles. The first kappa shape index (κ1) is 15.6. The molecule has 1 N–H and O–H groups in total. The number of fused-ring (bicyclic) bond motifs is 1. The molecule has 0 unspecified atom stereocenters. The Labute approximate surface area is 125 Å². The van der Waals surface area contributed by atoms with Crippen molar-refractivity contribution in [1.29, 1.82) is 0 Å². The van der Waals surface area contributed by atoms with Gasteiger partial charge in [-0.05, 0) is 25.1 Å². The number of carbonyl (C=O) groups excluding carboxylic acids is 2. The van der Waals surface area contributed by atoms with E-state index < -0.39 is 23.4 Å². The summed E-state index contributed by atoms with van der Waals surface area (Å²) < 4.78 is 18.1. The zero-order valence-corrected chi connectivity index (χ0v) is 12.0. The molecule has 1 aliphatic rings. The molecule has 1 amide bonds. The first-order chi connectivity index (χ1) is 10.5. The van der Waals surface area contributed by atoms with Gasteiger partial charge in [0.1, 0.15) is 5.82 Å². The van der Waals surface area contributed by atoms with Crippen molar-refractivity contribution in [2.24, 2.45) is 10.1 Å². The Kier molecular flexibility index (Phi) is 4.50. The van der Waals surface area contributed by atoms with Crippen LogP contribution in [0.15, 0.2) is 28.3 Å². The highest BCUT2D eigenvalue weighted by Crippen LogP contribution is 2.24. The third-order valence-corrected chi connectivity index (χ3v) is 3.02. The molecule has 1 aliphatic heterocycles. The third-order valence-electron chi connectivity index (χ3n) is 3.02. The SMILES string of the molecule is CCOC(=O)/C(=N\O)C1=Nc2ccc(F)cc2C(=O)N(C)C1. The van der Waals surface area contributed by atoms with E-state index in [2.05, 4.69) is 10.1 Å². The van der Waals surface area contributed by atoms with Gasteiger partial charge in [-0.1, -0.05) is 5.16 Å². The van der Waals surface area contributed by atoms with Gasteiger partial charge in [0.05, 0.1) is 30.1 Å². The van der Waals surface area contributed by atoms with Gasteiger partial charge in [-0.3, -0.25) is 4.79 Å². The van der Waals surface area contributed by atoms with Crippen molar-refractivity contribution in [2.75, 3.05) is 20.2 Å². The number of nitrogens with zero attached hydrogens (tertiary/aromatic N) is 3. The number of halogens is 1. The van der Waals surface area contributed by atoms with Crippen LogP contribution < -0.4 is 0 Å². The molecule has 116 valence electrons. The maximum atomic E-state index is 13.3. The highest BCUT2D eigenvalue weighted by atomic mass is 19.1. The fraction of sp³-hybridized carbons (Fsp3) is 0.286. The highest BCUT2D eigenvalue weighted by Gasteiger charge is 2.28. The Bertz CT molecular complexity index is 685. The molecule has 1 heterocycles. The van der Waals surface area contributed by atoms with Gasteiger partial charge in [0, 0.05) is 7.05 Å². The van der Waals surface area contributed by atoms with E-state index in [1.165, 1.54) is 18.0 Å². The molecule has 0 fully saturated rings. The molecule has 0 aliphatic carbocycles. The van der Waals surface area contributed by atoms with E-state index in [4.69, 9.17) is 9.94 Å². The van der Waals surface area contributed by atoms with Crippen LogP contribution in [0.5, 0.6) is 0 Å². The number of oxime groups is 1. The molecule has 0 atom stereocenters. The molecule has 8 heteroatoms. The van der Waals surface area contributed by atoms with Crippen molar-refractivity contribution in [2.45, 2.75) is 6.92 Å². The van der Waals surface area contributed by atoms with Gasteiger partial charge in [0.25, 0.3) is 5.91 Å². The van der Waals surface area contributed by atoms with E-state index in [1.54, 1.807) is 6.92 Å². The zero-order chi connectivity index (χ0) is 16.3.